The van der Waals surface area contributed by atoms with Gasteiger partial charge in [-0.2, -0.15) is 13.2 Å². The highest BCUT2D eigenvalue weighted by Crippen LogP contribution is 2.42. The van der Waals surface area contributed by atoms with Crippen LogP contribution in [-0.2, 0) is 6.18 Å². The number of nitrogen functional groups attached to an aromatic ring is 1. The topological polar surface area (TPSA) is 71.2 Å². The number of anilines is 2. The van der Waals surface area contributed by atoms with Gasteiger partial charge < -0.3 is 16.2 Å². The van der Waals surface area contributed by atoms with Crippen molar-refractivity contribution in [3.8, 4) is 0 Å². The Morgan fingerprint density at radius 1 is 1.42 bits per heavy atom. The molecule has 1 aliphatic rings. The molecule has 1 aromatic rings. The number of hydrogen-bond donors (Lipinski definition) is 3. The standard InChI is InChI=1S/C12H16F3N3O/c1-11(2)7(5-8(11)19)17-10-4-6(12(13,14)15)3-9(16)18-10/h3-4,7-8,19H,5H2,1-2H3,(H3,16,17,18). The fourth-order valence-electron chi connectivity index (χ4n) is 2.12. The zero-order valence-corrected chi connectivity index (χ0v) is 10.6. The molecular formula is C12H16F3N3O. The molecule has 1 fully saturated rings. The summed E-state index contributed by atoms with van der Waals surface area (Å²) in [5.41, 5.74) is 4.15. The average Bonchev–Trinajstić information content (AvgIpc) is 2.27. The predicted octanol–water partition coefficient (Wildman–Crippen LogP) is 2.25. The highest BCUT2D eigenvalue weighted by molar-refractivity contribution is 5.48. The average molecular weight is 275 g/mol. The molecule has 19 heavy (non-hydrogen) atoms. The van der Waals surface area contributed by atoms with E-state index in [0.29, 0.717) is 6.42 Å². The summed E-state index contributed by atoms with van der Waals surface area (Å²) in [6, 6.07) is 1.60. The predicted molar refractivity (Wildman–Crippen MR) is 65.5 cm³/mol. The maximum absolute atomic E-state index is 12.6. The number of hydrogen-bond acceptors (Lipinski definition) is 4. The Morgan fingerprint density at radius 3 is 2.53 bits per heavy atom. The van der Waals surface area contributed by atoms with E-state index in [-0.39, 0.29) is 17.7 Å². The summed E-state index contributed by atoms with van der Waals surface area (Å²) >= 11 is 0. The molecule has 1 aliphatic carbocycles. The van der Waals surface area contributed by atoms with Gasteiger partial charge in [-0.3, -0.25) is 0 Å². The van der Waals surface area contributed by atoms with Gasteiger partial charge in [-0.15, -0.1) is 0 Å². The zero-order chi connectivity index (χ0) is 14.4. The minimum Gasteiger partial charge on any atom is -0.392 e. The Balaban J connectivity index is 2.20. The molecule has 2 unspecified atom stereocenters. The van der Waals surface area contributed by atoms with E-state index in [2.05, 4.69) is 10.3 Å². The highest BCUT2D eigenvalue weighted by Gasteiger charge is 2.47. The Kier molecular flexibility index (Phi) is 3.12. The summed E-state index contributed by atoms with van der Waals surface area (Å²) in [6.45, 7) is 3.69. The fourth-order valence-corrected chi connectivity index (χ4v) is 2.12. The monoisotopic (exact) mass is 275 g/mol. The van der Waals surface area contributed by atoms with Crippen molar-refractivity contribution in [1.29, 1.82) is 0 Å². The molecule has 0 spiro atoms. The molecule has 1 heterocycles. The van der Waals surface area contributed by atoms with Gasteiger partial charge in [0.25, 0.3) is 0 Å². The van der Waals surface area contributed by atoms with E-state index >= 15 is 0 Å². The summed E-state index contributed by atoms with van der Waals surface area (Å²) in [6.07, 6.45) is -4.44. The maximum Gasteiger partial charge on any atom is 0.416 e. The molecule has 7 heteroatoms. The van der Waals surface area contributed by atoms with E-state index in [1.807, 2.05) is 13.8 Å². The first-order valence-corrected chi connectivity index (χ1v) is 5.90. The van der Waals surface area contributed by atoms with Crippen LogP contribution in [-0.4, -0.2) is 22.2 Å². The lowest BCUT2D eigenvalue weighted by atomic mass is 9.64. The third-order valence-corrected chi connectivity index (χ3v) is 3.71. The van der Waals surface area contributed by atoms with Gasteiger partial charge in [-0.05, 0) is 18.6 Å². The molecule has 0 aromatic carbocycles. The number of pyridine rings is 1. The lowest BCUT2D eigenvalue weighted by Gasteiger charge is -2.49. The van der Waals surface area contributed by atoms with Crippen LogP contribution < -0.4 is 11.1 Å². The molecule has 2 atom stereocenters. The van der Waals surface area contributed by atoms with Gasteiger partial charge >= 0.3 is 6.18 Å². The normalized spacial score (nSPS) is 25.8. The number of halogens is 3. The second-order valence-electron chi connectivity index (χ2n) is 5.43. The van der Waals surface area contributed by atoms with Crippen LogP contribution in [0.15, 0.2) is 12.1 Å². The largest absolute Gasteiger partial charge is 0.416 e. The van der Waals surface area contributed by atoms with Crippen molar-refractivity contribution in [2.24, 2.45) is 5.41 Å². The van der Waals surface area contributed by atoms with Crippen LogP contribution in [0.4, 0.5) is 24.8 Å². The molecule has 0 radical (unpaired) electrons. The van der Waals surface area contributed by atoms with Crippen LogP contribution >= 0.6 is 0 Å². The number of nitrogens with one attached hydrogen (secondary N) is 1. The molecule has 0 bridgehead atoms. The third kappa shape index (κ3) is 2.60. The summed E-state index contributed by atoms with van der Waals surface area (Å²) in [5.74, 6) is -0.104. The quantitative estimate of drug-likeness (QED) is 0.774. The lowest BCUT2D eigenvalue weighted by molar-refractivity contribution is -0.137. The second-order valence-corrected chi connectivity index (χ2v) is 5.43. The third-order valence-electron chi connectivity index (χ3n) is 3.71. The molecule has 106 valence electrons. The van der Waals surface area contributed by atoms with E-state index < -0.39 is 23.3 Å². The second kappa shape index (κ2) is 4.26. The van der Waals surface area contributed by atoms with Gasteiger partial charge in [-0.1, -0.05) is 13.8 Å². The van der Waals surface area contributed by atoms with E-state index in [9.17, 15) is 18.3 Å². The Bertz CT molecular complexity index is 488. The summed E-state index contributed by atoms with van der Waals surface area (Å²) < 4.78 is 37.9. The Labute approximate surface area is 108 Å². The number of aliphatic hydroxyl groups excluding tert-OH is 1. The SMILES string of the molecule is CC1(C)C(O)CC1Nc1cc(C(F)(F)F)cc(N)n1. The number of aromatic nitrogens is 1. The first-order valence-electron chi connectivity index (χ1n) is 5.90. The molecule has 1 aromatic heterocycles. The van der Waals surface area contributed by atoms with E-state index in [4.69, 9.17) is 5.73 Å². The van der Waals surface area contributed by atoms with E-state index in [1.54, 1.807) is 0 Å². The molecule has 2 rings (SSSR count). The molecular weight excluding hydrogens is 259 g/mol. The first kappa shape index (κ1) is 13.9. The van der Waals surface area contributed by atoms with Crippen LogP contribution in [0.25, 0.3) is 0 Å². The summed E-state index contributed by atoms with van der Waals surface area (Å²) in [4.78, 5) is 3.84. The van der Waals surface area contributed by atoms with E-state index in [1.165, 1.54) is 0 Å². The van der Waals surface area contributed by atoms with Gasteiger partial charge in [0, 0.05) is 11.5 Å². The number of rotatable bonds is 2. The fraction of sp³-hybridized carbons (Fsp3) is 0.583. The van der Waals surface area contributed by atoms with Crippen molar-refractivity contribution < 1.29 is 18.3 Å². The van der Waals surface area contributed by atoms with Gasteiger partial charge in [0.1, 0.15) is 11.6 Å². The van der Waals surface area contributed by atoms with Gasteiger partial charge in [0.2, 0.25) is 0 Å². The van der Waals surface area contributed by atoms with Crippen molar-refractivity contribution >= 4 is 11.6 Å². The molecule has 0 aliphatic heterocycles. The highest BCUT2D eigenvalue weighted by atomic mass is 19.4. The lowest BCUT2D eigenvalue weighted by Crippen LogP contribution is -2.57. The maximum atomic E-state index is 12.6. The minimum absolute atomic E-state index is 0.0808. The molecule has 4 N–H and O–H groups in total. The van der Waals surface area contributed by atoms with Crippen LogP contribution in [0.1, 0.15) is 25.8 Å². The molecule has 0 saturated heterocycles. The molecule has 1 saturated carbocycles. The van der Waals surface area contributed by atoms with E-state index in [0.717, 1.165) is 12.1 Å². The summed E-state index contributed by atoms with van der Waals surface area (Å²) in [5, 5.41) is 12.5. The molecule has 0 amide bonds. The Hall–Kier alpha value is -1.50. The molecule has 4 nitrogen and oxygen atoms in total. The van der Waals surface area contributed by atoms with Crippen LogP contribution in [0.5, 0.6) is 0 Å². The summed E-state index contributed by atoms with van der Waals surface area (Å²) in [7, 11) is 0. The zero-order valence-electron chi connectivity index (χ0n) is 10.6. The smallest absolute Gasteiger partial charge is 0.392 e. The van der Waals surface area contributed by atoms with Gasteiger partial charge in [0.15, 0.2) is 0 Å². The van der Waals surface area contributed by atoms with Gasteiger partial charge in [-0.25, -0.2) is 4.98 Å². The number of alkyl halides is 3. The van der Waals surface area contributed by atoms with Crippen LogP contribution in [0, 0.1) is 5.41 Å². The van der Waals surface area contributed by atoms with Crippen molar-refractivity contribution in [1.82, 2.24) is 4.98 Å². The van der Waals surface area contributed by atoms with Crippen molar-refractivity contribution in [2.45, 2.75) is 38.6 Å². The minimum atomic E-state index is -4.46. The number of aliphatic hydroxyl groups is 1. The Morgan fingerprint density at radius 2 is 2.05 bits per heavy atom. The number of nitrogens with two attached hydrogens (primary N) is 1. The van der Waals surface area contributed by atoms with Crippen molar-refractivity contribution in [3.05, 3.63) is 17.7 Å². The first-order chi connectivity index (χ1) is 8.60. The van der Waals surface area contributed by atoms with Crippen molar-refractivity contribution in [3.63, 3.8) is 0 Å². The van der Waals surface area contributed by atoms with Gasteiger partial charge in [0.05, 0.1) is 11.7 Å². The van der Waals surface area contributed by atoms with Crippen LogP contribution in [0.2, 0.25) is 0 Å². The van der Waals surface area contributed by atoms with Crippen molar-refractivity contribution in [2.75, 3.05) is 11.1 Å². The van der Waals surface area contributed by atoms with Crippen LogP contribution in [0.3, 0.4) is 0 Å². The number of nitrogens with zero attached hydrogens (tertiary/aromatic N) is 1.